The largest absolute Gasteiger partial charge is 0.487 e. The van der Waals surface area contributed by atoms with Gasteiger partial charge in [0.15, 0.2) is 0 Å². The summed E-state index contributed by atoms with van der Waals surface area (Å²) < 4.78 is 11.8. The molecule has 0 saturated heterocycles. The van der Waals surface area contributed by atoms with E-state index in [-0.39, 0.29) is 6.10 Å². The third-order valence-electron chi connectivity index (χ3n) is 2.48. The molecule has 1 aromatic carbocycles. The summed E-state index contributed by atoms with van der Waals surface area (Å²) in [6.07, 6.45) is 1.20. The molecule has 1 N–H and O–H groups in total. The Balaban J connectivity index is 2.56. The predicted octanol–water partition coefficient (Wildman–Crippen LogP) is 3.36. The van der Waals surface area contributed by atoms with Gasteiger partial charge < -0.3 is 14.8 Å². The van der Waals surface area contributed by atoms with Crippen LogP contribution in [0.4, 0.5) is 0 Å². The maximum Gasteiger partial charge on any atom is 0.134 e. The summed E-state index contributed by atoms with van der Waals surface area (Å²) in [6, 6.07) is 6.18. The number of benzene rings is 1. The maximum absolute atomic E-state index is 5.77. The third-order valence-corrected chi connectivity index (χ3v) is 3.10. The van der Waals surface area contributed by atoms with Crippen LogP contribution < -0.4 is 10.1 Å². The zero-order valence-corrected chi connectivity index (χ0v) is 12.9. The lowest BCUT2D eigenvalue weighted by Crippen LogP contribution is -2.18. The summed E-state index contributed by atoms with van der Waals surface area (Å²) in [5.74, 6) is 0.860. The summed E-state index contributed by atoms with van der Waals surface area (Å²) >= 11 is 3.54. The van der Waals surface area contributed by atoms with E-state index in [9.17, 15) is 0 Å². The van der Waals surface area contributed by atoms with Crippen molar-refractivity contribution in [1.82, 2.24) is 5.32 Å². The molecule has 0 amide bonds. The molecule has 0 heterocycles. The van der Waals surface area contributed by atoms with Crippen molar-refractivity contribution in [2.75, 3.05) is 20.3 Å². The lowest BCUT2D eigenvalue weighted by molar-refractivity contribution is 0.0916. The molecule has 0 bridgehead atoms. The highest BCUT2D eigenvalue weighted by molar-refractivity contribution is 9.10. The normalized spacial score (nSPS) is 12.4. The molecule has 3 nitrogen and oxygen atoms in total. The van der Waals surface area contributed by atoms with Gasteiger partial charge in [0, 0.05) is 13.7 Å². The minimum absolute atomic E-state index is 0.0513. The fourth-order valence-electron chi connectivity index (χ4n) is 1.64. The van der Waals surface area contributed by atoms with Gasteiger partial charge in [-0.05, 0) is 53.5 Å². The fourth-order valence-corrected chi connectivity index (χ4v) is 2.16. The molecular weight excluding hydrogens is 294 g/mol. The van der Waals surface area contributed by atoms with Crippen molar-refractivity contribution < 1.29 is 9.47 Å². The Kier molecular flexibility index (Phi) is 7.32. The van der Waals surface area contributed by atoms with E-state index >= 15 is 0 Å². The molecule has 0 aliphatic carbocycles. The molecule has 1 rings (SSSR count). The Morgan fingerprint density at radius 1 is 1.39 bits per heavy atom. The Bertz CT molecular complexity index is 358. The van der Waals surface area contributed by atoms with Gasteiger partial charge in [-0.2, -0.15) is 0 Å². The van der Waals surface area contributed by atoms with E-state index in [1.807, 2.05) is 13.0 Å². The highest BCUT2D eigenvalue weighted by Crippen LogP contribution is 2.27. The van der Waals surface area contributed by atoms with Crippen molar-refractivity contribution in [2.45, 2.75) is 32.9 Å². The van der Waals surface area contributed by atoms with Crippen LogP contribution in [0, 0.1) is 0 Å². The summed E-state index contributed by atoms with van der Waals surface area (Å²) in [6.45, 7) is 6.68. The molecule has 0 aliphatic heterocycles. The van der Waals surface area contributed by atoms with Crippen molar-refractivity contribution in [3.8, 4) is 5.75 Å². The van der Waals surface area contributed by atoms with Gasteiger partial charge in [0.1, 0.15) is 11.9 Å². The van der Waals surface area contributed by atoms with Crippen molar-refractivity contribution in [2.24, 2.45) is 0 Å². The lowest BCUT2D eigenvalue weighted by atomic mass is 10.2. The van der Waals surface area contributed by atoms with Crippen LogP contribution in [0.3, 0.4) is 0 Å². The number of nitrogens with one attached hydrogen (secondary N) is 1. The van der Waals surface area contributed by atoms with Crippen LogP contribution in [0.5, 0.6) is 5.75 Å². The third kappa shape index (κ3) is 5.38. The SMILES string of the molecule is CCCNCc1ccc(OC(C)COC)c(Br)c1. The molecule has 0 fully saturated rings. The standard InChI is InChI=1S/C14H22BrNO2/c1-4-7-16-9-12-5-6-14(13(15)8-12)18-11(2)10-17-3/h5-6,8,11,16H,4,7,9-10H2,1-3H3. The van der Waals surface area contributed by atoms with E-state index in [1.165, 1.54) is 5.56 Å². The van der Waals surface area contributed by atoms with Crippen molar-refractivity contribution in [1.29, 1.82) is 0 Å². The van der Waals surface area contributed by atoms with Crippen LogP contribution in [0.2, 0.25) is 0 Å². The molecule has 102 valence electrons. The number of methoxy groups -OCH3 is 1. The molecule has 1 atom stereocenters. The minimum atomic E-state index is 0.0513. The highest BCUT2D eigenvalue weighted by Gasteiger charge is 2.07. The van der Waals surface area contributed by atoms with Gasteiger partial charge in [-0.15, -0.1) is 0 Å². The fraction of sp³-hybridized carbons (Fsp3) is 0.571. The van der Waals surface area contributed by atoms with Gasteiger partial charge >= 0.3 is 0 Å². The van der Waals surface area contributed by atoms with Crippen LogP contribution in [-0.4, -0.2) is 26.4 Å². The first-order chi connectivity index (χ1) is 8.67. The minimum Gasteiger partial charge on any atom is -0.487 e. The summed E-state index contributed by atoms with van der Waals surface area (Å²) in [5, 5.41) is 3.38. The lowest BCUT2D eigenvalue weighted by Gasteiger charge is -2.15. The molecular formula is C14H22BrNO2. The molecule has 0 saturated carbocycles. The van der Waals surface area contributed by atoms with E-state index < -0.39 is 0 Å². The molecule has 1 unspecified atom stereocenters. The van der Waals surface area contributed by atoms with Crippen LogP contribution in [0.25, 0.3) is 0 Å². The first-order valence-corrected chi connectivity index (χ1v) is 7.11. The van der Waals surface area contributed by atoms with Crippen LogP contribution >= 0.6 is 15.9 Å². The Labute approximate surface area is 118 Å². The van der Waals surface area contributed by atoms with Crippen molar-refractivity contribution >= 4 is 15.9 Å². The van der Waals surface area contributed by atoms with Gasteiger partial charge in [-0.25, -0.2) is 0 Å². The highest BCUT2D eigenvalue weighted by atomic mass is 79.9. The number of hydrogen-bond acceptors (Lipinski definition) is 3. The van der Waals surface area contributed by atoms with Crippen molar-refractivity contribution in [3.63, 3.8) is 0 Å². The predicted molar refractivity (Wildman–Crippen MR) is 78.1 cm³/mol. The molecule has 18 heavy (non-hydrogen) atoms. The second-order valence-electron chi connectivity index (χ2n) is 4.33. The van der Waals surface area contributed by atoms with E-state index in [4.69, 9.17) is 9.47 Å². The van der Waals surface area contributed by atoms with E-state index in [0.717, 1.165) is 29.7 Å². The first kappa shape index (κ1) is 15.5. The molecule has 0 aliphatic rings. The van der Waals surface area contributed by atoms with Gasteiger partial charge in [0.25, 0.3) is 0 Å². The Morgan fingerprint density at radius 2 is 2.17 bits per heavy atom. The second kappa shape index (κ2) is 8.51. The molecule has 0 spiro atoms. The molecule has 4 heteroatoms. The second-order valence-corrected chi connectivity index (χ2v) is 5.18. The number of ether oxygens (including phenoxy) is 2. The Hall–Kier alpha value is -0.580. The van der Waals surface area contributed by atoms with Crippen molar-refractivity contribution in [3.05, 3.63) is 28.2 Å². The summed E-state index contributed by atoms with van der Waals surface area (Å²) in [4.78, 5) is 0. The monoisotopic (exact) mass is 315 g/mol. The number of halogens is 1. The average molecular weight is 316 g/mol. The van der Waals surface area contributed by atoms with Crippen LogP contribution in [0.15, 0.2) is 22.7 Å². The molecule has 0 aromatic heterocycles. The van der Waals surface area contributed by atoms with Gasteiger partial charge in [0.05, 0.1) is 11.1 Å². The summed E-state index contributed by atoms with van der Waals surface area (Å²) in [5.41, 5.74) is 1.25. The number of rotatable bonds is 8. The number of hydrogen-bond donors (Lipinski definition) is 1. The zero-order valence-electron chi connectivity index (χ0n) is 11.3. The smallest absolute Gasteiger partial charge is 0.134 e. The first-order valence-electron chi connectivity index (χ1n) is 6.32. The topological polar surface area (TPSA) is 30.5 Å². The van der Waals surface area contributed by atoms with E-state index in [1.54, 1.807) is 7.11 Å². The van der Waals surface area contributed by atoms with Gasteiger partial charge in [-0.3, -0.25) is 0 Å². The maximum atomic E-state index is 5.77. The van der Waals surface area contributed by atoms with Crippen LogP contribution in [-0.2, 0) is 11.3 Å². The Morgan fingerprint density at radius 3 is 2.78 bits per heavy atom. The van der Waals surface area contributed by atoms with Crippen LogP contribution in [0.1, 0.15) is 25.8 Å². The van der Waals surface area contributed by atoms with E-state index in [2.05, 4.69) is 40.3 Å². The quantitative estimate of drug-likeness (QED) is 0.746. The average Bonchev–Trinajstić information content (AvgIpc) is 2.33. The van der Waals surface area contributed by atoms with E-state index in [0.29, 0.717) is 6.61 Å². The summed E-state index contributed by atoms with van der Waals surface area (Å²) in [7, 11) is 1.68. The van der Waals surface area contributed by atoms with Gasteiger partial charge in [0.2, 0.25) is 0 Å². The molecule has 0 radical (unpaired) electrons. The zero-order chi connectivity index (χ0) is 13.4. The van der Waals surface area contributed by atoms with Gasteiger partial charge in [-0.1, -0.05) is 13.0 Å². The molecule has 1 aromatic rings.